The van der Waals surface area contributed by atoms with Gasteiger partial charge in [-0.05, 0) is 45.9 Å². The molecule has 1 saturated heterocycles. The molecule has 0 unspecified atom stereocenters. The van der Waals surface area contributed by atoms with Crippen molar-refractivity contribution < 1.29 is 4.74 Å². The molecular formula is C15H23ClN2O. The van der Waals surface area contributed by atoms with Crippen molar-refractivity contribution in [2.75, 3.05) is 25.1 Å². The van der Waals surface area contributed by atoms with Crippen molar-refractivity contribution >= 4 is 17.3 Å². The van der Waals surface area contributed by atoms with Crippen LogP contribution in [-0.2, 0) is 0 Å². The largest absolute Gasteiger partial charge is 0.495 e. The van der Waals surface area contributed by atoms with E-state index in [0.29, 0.717) is 0 Å². The van der Waals surface area contributed by atoms with Crippen LogP contribution in [0.15, 0.2) is 18.2 Å². The number of nitrogens with zero attached hydrogens (tertiary/aromatic N) is 1. The molecule has 0 bridgehead atoms. The van der Waals surface area contributed by atoms with Crippen molar-refractivity contribution in [2.45, 2.75) is 38.8 Å². The maximum atomic E-state index is 6.14. The zero-order valence-electron chi connectivity index (χ0n) is 12.4. The number of methoxy groups -OCH3 is 1. The molecule has 1 heterocycles. The van der Waals surface area contributed by atoms with Gasteiger partial charge in [-0.3, -0.25) is 0 Å². The van der Waals surface area contributed by atoms with Gasteiger partial charge in [0.15, 0.2) is 0 Å². The fourth-order valence-corrected chi connectivity index (χ4v) is 3.25. The second-order valence-electron chi connectivity index (χ2n) is 6.57. The Labute approximate surface area is 120 Å². The van der Waals surface area contributed by atoms with Crippen LogP contribution in [0.25, 0.3) is 0 Å². The molecule has 1 N–H and O–H groups in total. The number of anilines is 1. The van der Waals surface area contributed by atoms with Crippen LogP contribution < -0.4 is 15.0 Å². The SMILES string of the molecule is COc1ccc(Cl)cc1N1CC(C)(C)NC(C)(C)C1. The van der Waals surface area contributed by atoms with Crippen LogP contribution in [0, 0.1) is 0 Å². The van der Waals surface area contributed by atoms with Crippen LogP contribution in [0.4, 0.5) is 5.69 Å². The normalized spacial score (nSPS) is 21.3. The van der Waals surface area contributed by atoms with Crippen molar-refractivity contribution in [3.8, 4) is 5.75 Å². The summed E-state index contributed by atoms with van der Waals surface area (Å²) >= 11 is 6.14. The van der Waals surface area contributed by atoms with E-state index in [2.05, 4.69) is 37.9 Å². The van der Waals surface area contributed by atoms with Gasteiger partial charge in [-0.25, -0.2) is 0 Å². The first-order valence-corrected chi connectivity index (χ1v) is 6.98. The Morgan fingerprint density at radius 1 is 1.16 bits per heavy atom. The molecule has 0 radical (unpaired) electrons. The summed E-state index contributed by atoms with van der Waals surface area (Å²) in [5, 5.41) is 4.41. The lowest BCUT2D eigenvalue weighted by molar-refractivity contribution is 0.225. The number of benzene rings is 1. The topological polar surface area (TPSA) is 24.5 Å². The van der Waals surface area contributed by atoms with Crippen LogP contribution >= 0.6 is 11.6 Å². The summed E-state index contributed by atoms with van der Waals surface area (Å²) in [6, 6.07) is 5.78. The predicted molar refractivity (Wildman–Crippen MR) is 81.5 cm³/mol. The van der Waals surface area contributed by atoms with Crippen LogP contribution in [0.2, 0.25) is 5.02 Å². The number of ether oxygens (including phenoxy) is 1. The lowest BCUT2D eigenvalue weighted by Crippen LogP contribution is -2.67. The Kier molecular flexibility index (Phi) is 3.72. The van der Waals surface area contributed by atoms with Crippen molar-refractivity contribution in [2.24, 2.45) is 0 Å². The van der Waals surface area contributed by atoms with E-state index >= 15 is 0 Å². The predicted octanol–water partition coefficient (Wildman–Crippen LogP) is 3.32. The average molecular weight is 283 g/mol. The summed E-state index contributed by atoms with van der Waals surface area (Å²) in [6.45, 7) is 10.7. The maximum Gasteiger partial charge on any atom is 0.142 e. The Balaban J connectivity index is 2.38. The quantitative estimate of drug-likeness (QED) is 0.901. The third-order valence-electron chi connectivity index (χ3n) is 3.33. The van der Waals surface area contributed by atoms with Gasteiger partial charge >= 0.3 is 0 Å². The fraction of sp³-hybridized carbons (Fsp3) is 0.600. The Bertz CT molecular complexity index is 455. The van der Waals surface area contributed by atoms with Crippen molar-refractivity contribution in [1.82, 2.24) is 5.32 Å². The maximum absolute atomic E-state index is 6.14. The van der Waals surface area contributed by atoms with Gasteiger partial charge in [0.05, 0.1) is 12.8 Å². The Morgan fingerprint density at radius 2 is 1.74 bits per heavy atom. The van der Waals surface area contributed by atoms with Gasteiger partial charge < -0.3 is 15.0 Å². The molecule has 1 aromatic rings. The van der Waals surface area contributed by atoms with E-state index in [9.17, 15) is 0 Å². The zero-order chi connectivity index (χ0) is 14.3. The van der Waals surface area contributed by atoms with Gasteiger partial charge in [0, 0.05) is 29.2 Å². The summed E-state index contributed by atoms with van der Waals surface area (Å²) in [5.41, 5.74) is 1.17. The molecule has 0 spiro atoms. The summed E-state index contributed by atoms with van der Waals surface area (Å²) in [6.07, 6.45) is 0. The van der Waals surface area contributed by atoms with E-state index in [1.165, 1.54) is 0 Å². The molecule has 1 aromatic carbocycles. The van der Waals surface area contributed by atoms with Crippen LogP contribution in [0.3, 0.4) is 0 Å². The van der Waals surface area contributed by atoms with Crippen LogP contribution in [0.5, 0.6) is 5.75 Å². The minimum atomic E-state index is 0.0507. The lowest BCUT2D eigenvalue weighted by atomic mass is 9.91. The highest BCUT2D eigenvalue weighted by Gasteiger charge is 2.37. The standard InChI is InChI=1S/C15H23ClN2O/c1-14(2)9-18(10-15(3,4)17-14)12-8-11(16)6-7-13(12)19-5/h6-8,17H,9-10H2,1-5H3. The second-order valence-corrected chi connectivity index (χ2v) is 7.00. The highest BCUT2D eigenvalue weighted by Crippen LogP contribution is 2.35. The molecule has 1 aliphatic heterocycles. The van der Waals surface area contributed by atoms with Gasteiger partial charge in [-0.15, -0.1) is 0 Å². The van der Waals surface area contributed by atoms with Gasteiger partial charge in [-0.1, -0.05) is 11.6 Å². The van der Waals surface area contributed by atoms with Crippen LogP contribution in [0.1, 0.15) is 27.7 Å². The average Bonchev–Trinajstić information content (AvgIpc) is 2.24. The molecule has 1 fully saturated rings. The molecule has 19 heavy (non-hydrogen) atoms. The third-order valence-corrected chi connectivity index (χ3v) is 3.57. The molecule has 3 nitrogen and oxygen atoms in total. The first-order valence-electron chi connectivity index (χ1n) is 6.60. The highest BCUT2D eigenvalue weighted by atomic mass is 35.5. The third kappa shape index (κ3) is 3.34. The molecule has 4 heteroatoms. The number of nitrogens with one attached hydrogen (secondary N) is 1. The van der Waals surface area contributed by atoms with E-state index in [1.54, 1.807) is 7.11 Å². The van der Waals surface area contributed by atoms with E-state index in [-0.39, 0.29) is 11.1 Å². The minimum Gasteiger partial charge on any atom is -0.495 e. The lowest BCUT2D eigenvalue weighted by Gasteiger charge is -2.49. The number of rotatable bonds is 2. The molecule has 0 amide bonds. The minimum absolute atomic E-state index is 0.0507. The number of hydrogen-bond donors (Lipinski definition) is 1. The molecule has 0 atom stereocenters. The van der Waals surface area contributed by atoms with E-state index in [4.69, 9.17) is 16.3 Å². The Hall–Kier alpha value is -0.930. The fourth-order valence-electron chi connectivity index (χ4n) is 3.09. The monoisotopic (exact) mass is 282 g/mol. The Morgan fingerprint density at radius 3 is 2.26 bits per heavy atom. The van der Waals surface area contributed by atoms with Crippen LogP contribution in [-0.4, -0.2) is 31.3 Å². The summed E-state index contributed by atoms with van der Waals surface area (Å²) in [5.74, 6) is 0.873. The first-order chi connectivity index (χ1) is 8.72. The van der Waals surface area contributed by atoms with Gasteiger partial charge in [0.1, 0.15) is 5.75 Å². The number of hydrogen-bond acceptors (Lipinski definition) is 3. The molecular weight excluding hydrogens is 260 g/mol. The molecule has 1 aliphatic rings. The summed E-state index contributed by atoms with van der Waals surface area (Å²) in [4.78, 5) is 2.35. The van der Waals surface area contributed by atoms with E-state index < -0.39 is 0 Å². The van der Waals surface area contributed by atoms with Crippen molar-refractivity contribution in [3.63, 3.8) is 0 Å². The number of halogens is 1. The second kappa shape index (κ2) is 4.88. The highest BCUT2D eigenvalue weighted by molar-refractivity contribution is 6.30. The molecule has 0 aliphatic carbocycles. The summed E-state index contributed by atoms with van der Waals surface area (Å²) in [7, 11) is 1.70. The van der Waals surface area contributed by atoms with Gasteiger partial charge in [0.25, 0.3) is 0 Å². The van der Waals surface area contributed by atoms with Gasteiger partial charge in [-0.2, -0.15) is 0 Å². The molecule has 0 aromatic heterocycles. The van der Waals surface area contributed by atoms with E-state index in [1.807, 2.05) is 18.2 Å². The van der Waals surface area contributed by atoms with Crippen molar-refractivity contribution in [1.29, 1.82) is 0 Å². The smallest absolute Gasteiger partial charge is 0.142 e. The summed E-state index contributed by atoms with van der Waals surface area (Å²) < 4.78 is 5.47. The van der Waals surface area contributed by atoms with Crippen molar-refractivity contribution in [3.05, 3.63) is 23.2 Å². The number of piperazine rings is 1. The molecule has 0 saturated carbocycles. The van der Waals surface area contributed by atoms with E-state index in [0.717, 1.165) is 29.5 Å². The first kappa shape index (κ1) is 14.5. The van der Waals surface area contributed by atoms with Gasteiger partial charge in [0.2, 0.25) is 0 Å². The zero-order valence-corrected chi connectivity index (χ0v) is 13.1. The molecule has 106 valence electrons. The molecule has 2 rings (SSSR count).